The Morgan fingerprint density at radius 1 is 1.58 bits per heavy atom. The lowest BCUT2D eigenvalue weighted by Gasteiger charge is -2.07. The number of hydrogen-bond donors (Lipinski definition) is 1. The van der Waals surface area contributed by atoms with Crippen LogP contribution in [0.4, 0.5) is 0 Å². The molecule has 68 valence electrons. The minimum atomic E-state index is 0.581. The number of aromatic nitrogens is 2. The topological polar surface area (TPSA) is 43.8 Å². The molecule has 3 nitrogen and oxygen atoms in total. The smallest absolute Gasteiger partial charge is 0.0519 e. The van der Waals surface area contributed by atoms with Crippen molar-refractivity contribution in [1.29, 1.82) is 0 Å². The Labute approximate surface area is 73.6 Å². The average molecular weight is 167 g/mol. The largest absolute Gasteiger partial charge is 0.325 e. The van der Waals surface area contributed by atoms with Gasteiger partial charge in [0.2, 0.25) is 0 Å². The summed E-state index contributed by atoms with van der Waals surface area (Å²) in [6.45, 7) is 5.99. The lowest BCUT2D eigenvalue weighted by molar-refractivity contribution is 0.476. The van der Waals surface area contributed by atoms with Gasteiger partial charge in [-0.05, 0) is 18.4 Å². The SMILES string of the molecule is CC(C)CCn1nccc1CN. The van der Waals surface area contributed by atoms with E-state index in [0.717, 1.165) is 24.6 Å². The Bertz CT molecular complexity index is 227. The fourth-order valence-electron chi connectivity index (χ4n) is 1.12. The first-order valence-electron chi connectivity index (χ1n) is 4.44. The van der Waals surface area contributed by atoms with Gasteiger partial charge >= 0.3 is 0 Å². The quantitative estimate of drug-likeness (QED) is 0.736. The van der Waals surface area contributed by atoms with Gasteiger partial charge < -0.3 is 5.73 Å². The van der Waals surface area contributed by atoms with Crippen molar-refractivity contribution in [1.82, 2.24) is 9.78 Å². The molecule has 2 N–H and O–H groups in total. The summed E-state index contributed by atoms with van der Waals surface area (Å²) in [5, 5.41) is 4.20. The normalized spacial score (nSPS) is 11.0. The van der Waals surface area contributed by atoms with E-state index in [-0.39, 0.29) is 0 Å². The number of hydrogen-bond acceptors (Lipinski definition) is 2. The zero-order chi connectivity index (χ0) is 8.97. The van der Waals surface area contributed by atoms with Gasteiger partial charge in [0.25, 0.3) is 0 Å². The maximum absolute atomic E-state index is 5.54. The highest BCUT2D eigenvalue weighted by Crippen LogP contribution is 2.04. The molecule has 0 unspecified atom stereocenters. The molecule has 1 rings (SSSR count). The Morgan fingerprint density at radius 2 is 2.33 bits per heavy atom. The van der Waals surface area contributed by atoms with Crippen molar-refractivity contribution < 1.29 is 0 Å². The van der Waals surface area contributed by atoms with Gasteiger partial charge in [0.05, 0.1) is 5.69 Å². The molecule has 1 aromatic heterocycles. The van der Waals surface area contributed by atoms with Crippen molar-refractivity contribution in [3.05, 3.63) is 18.0 Å². The first-order chi connectivity index (χ1) is 5.74. The summed E-state index contributed by atoms with van der Waals surface area (Å²) in [5.74, 6) is 0.722. The summed E-state index contributed by atoms with van der Waals surface area (Å²) in [6.07, 6.45) is 2.97. The minimum absolute atomic E-state index is 0.581. The van der Waals surface area contributed by atoms with E-state index in [1.165, 1.54) is 0 Å². The molecule has 12 heavy (non-hydrogen) atoms. The molecular formula is C9H17N3. The van der Waals surface area contributed by atoms with Crippen LogP contribution in [-0.4, -0.2) is 9.78 Å². The van der Waals surface area contributed by atoms with E-state index in [9.17, 15) is 0 Å². The molecule has 1 aromatic rings. The van der Waals surface area contributed by atoms with Crippen LogP contribution in [0.1, 0.15) is 26.0 Å². The molecule has 0 amide bonds. The van der Waals surface area contributed by atoms with Crippen LogP contribution in [0, 0.1) is 5.92 Å². The number of nitrogens with zero attached hydrogens (tertiary/aromatic N) is 2. The molecule has 0 bridgehead atoms. The number of nitrogens with two attached hydrogens (primary N) is 1. The van der Waals surface area contributed by atoms with E-state index in [2.05, 4.69) is 18.9 Å². The summed E-state index contributed by atoms with van der Waals surface area (Å²) >= 11 is 0. The van der Waals surface area contributed by atoms with Crippen LogP contribution >= 0.6 is 0 Å². The van der Waals surface area contributed by atoms with Crippen molar-refractivity contribution in [3.8, 4) is 0 Å². The van der Waals surface area contributed by atoms with E-state index < -0.39 is 0 Å². The number of aryl methyl sites for hydroxylation is 1. The highest BCUT2D eigenvalue weighted by Gasteiger charge is 2.00. The van der Waals surface area contributed by atoms with Crippen LogP contribution in [0.5, 0.6) is 0 Å². The Balaban J connectivity index is 2.50. The molecule has 0 fully saturated rings. The molecule has 0 aliphatic rings. The fourth-order valence-corrected chi connectivity index (χ4v) is 1.12. The second-order valence-corrected chi connectivity index (χ2v) is 3.43. The predicted octanol–water partition coefficient (Wildman–Crippen LogP) is 1.39. The van der Waals surface area contributed by atoms with Crippen molar-refractivity contribution >= 4 is 0 Å². The van der Waals surface area contributed by atoms with E-state index >= 15 is 0 Å². The molecule has 0 saturated heterocycles. The highest BCUT2D eigenvalue weighted by molar-refractivity contribution is 4.99. The molecule has 0 aliphatic heterocycles. The first-order valence-corrected chi connectivity index (χ1v) is 4.44. The Hall–Kier alpha value is -0.830. The highest BCUT2D eigenvalue weighted by atomic mass is 15.3. The second kappa shape index (κ2) is 4.26. The van der Waals surface area contributed by atoms with E-state index in [4.69, 9.17) is 5.73 Å². The van der Waals surface area contributed by atoms with Gasteiger partial charge in [-0.3, -0.25) is 4.68 Å². The molecule has 0 aliphatic carbocycles. The minimum Gasteiger partial charge on any atom is -0.325 e. The van der Waals surface area contributed by atoms with Gasteiger partial charge in [-0.15, -0.1) is 0 Å². The van der Waals surface area contributed by atoms with E-state index in [1.54, 1.807) is 0 Å². The van der Waals surface area contributed by atoms with E-state index in [0.29, 0.717) is 6.54 Å². The fraction of sp³-hybridized carbons (Fsp3) is 0.667. The third kappa shape index (κ3) is 2.34. The molecule has 3 heteroatoms. The maximum Gasteiger partial charge on any atom is 0.0519 e. The van der Waals surface area contributed by atoms with Crippen LogP contribution in [0.25, 0.3) is 0 Å². The van der Waals surface area contributed by atoms with Gasteiger partial charge in [-0.1, -0.05) is 13.8 Å². The molecular weight excluding hydrogens is 150 g/mol. The van der Waals surface area contributed by atoms with Crippen LogP contribution in [0.15, 0.2) is 12.3 Å². The van der Waals surface area contributed by atoms with E-state index in [1.807, 2.05) is 16.9 Å². The third-order valence-corrected chi connectivity index (χ3v) is 1.93. The zero-order valence-corrected chi connectivity index (χ0v) is 7.83. The van der Waals surface area contributed by atoms with Gasteiger partial charge in [-0.2, -0.15) is 5.10 Å². The van der Waals surface area contributed by atoms with Crippen LogP contribution in [-0.2, 0) is 13.1 Å². The van der Waals surface area contributed by atoms with Crippen LogP contribution in [0.2, 0.25) is 0 Å². The van der Waals surface area contributed by atoms with Crippen LogP contribution in [0.3, 0.4) is 0 Å². The molecule has 1 heterocycles. The molecule has 0 spiro atoms. The third-order valence-electron chi connectivity index (χ3n) is 1.93. The molecule has 0 atom stereocenters. The van der Waals surface area contributed by atoms with Crippen molar-refractivity contribution in [2.75, 3.05) is 0 Å². The van der Waals surface area contributed by atoms with Crippen molar-refractivity contribution in [2.45, 2.75) is 33.4 Å². The molecule has 0 saturated carbocycles. The lowest BCUT2D eigenvalue weighted by Crippen LogP contribution is -2.10. The van der Waals surface area contributed by atoms with Gasteiger partial charge in [0.15, 0.2) is 0 Å². The zero-order valence-electron chi connectivity index (χ0n) is 7.83. The van der Waals surface area contributed by atoms with Gasteiger partial charge in [0.1, 0.15) is 0 Å². The Morgan fingerprint density at radius 3 is 2.92 bits per heavy atom. The van der Waals surface area contributed by atoms with Crippen LogP contribution < -0.4 is 5.73 Å². The summed E-state index contributed by atoms with van der Waals surface area (Å²) in [7, 11) is 0. The Kier molecular flexibility index (Phi) is 3.29. The second-order valence-electron chi connectivity index (χ2n) is 3.43. The number of rotatable bonds is 4. The predicted molar refractivity (Wildman–Crippen MR) is 49.6 cm³/mol. The summed E-state index contributed by atoms with van der Waals surface area (Å²) in [6, 6.07) is 1.97. The van der Waals surface area contributed by atoms with Gasteiger partial charge in [0, 0.05) is 19.3 Å². The maximum atomic E-state index is 5.54. The lowest BCUT2D eigenvalue weighted by atomic mass is 10.1. The monoisotopic (exact) mass is 167 g/mol. The summed E-state index contributed by atoms with van der Waals surface area (Å²) in [5.41, 5.74) is 6.66. The summed E-state index contributed by atoms with van der Waals surface area (Å²) < 4.78 is 1.99. The summed E-state index contributed by atoms with van der Waals surface area (Å²) in [4.78, 5) is 0. The van der Waals surface area contributed by atoms with Crippen molar-refractivity contribution in [2.24, 2.45) is 11.7 Å². The van der Waals surface area contributed by atoms with Gasteiger partial charge in [-0.25, -0.2) is 0 Å². The average Bonchev–Trinajstić information content (AvgIpc) is 2.47. The molecule has 0 radical (unpaired) electrons. The molecule has 0 aromatic carbocycles. The van der Waals surface area contributed by atoms with Crippen molar-refractivity contribution in [3.63, 3.8) is 0 Å². The first kappa shape index (κ1) is 9.26. The standard InChI is InChI=1S/C9H17N3/c1-8(2)4-6-12-9(7-10)3-5-11-12/h3,5,8H,4,6-7,10H2,1-2H3.